The minimum absolute atomic E-state index is 0.0117. The van der Waals surface area contributed by atoms with Crippen LogP contribution in [0.3, 0.4) is 0 Å². The van der Waals surface area contributed by atoms with E-state index in [0.29, 0.717) is 5.56 Å². The highest BCUT2D eigenvalue weighted by molar-refractivity contribution is 5.29. The van der Waals surface area contributed by atoms with Gasteiger partial charge in [0.25, 0.3) is 0 Å². The van der Waals surface area contributed by atoms with Crippen LogP contribution in [0.5, 0.6) is 5.75 Å². The van der Waals surface area contributed by atoms with Gasteiger partial charge in [0.2, 0.25) is 0 Å². The standard InChI is InChI=1S/C9H13NO3/c1-9(12,6-13-10)7-2-4-8(11)5-3-7/h2-5,11-12H,6,10H2,1H3. The van der Waals surface area contributed by atoms with Crippen LogP contribution in [0.4, 0.5) is 0 Å². The van der Waals surface area contributed by atoms with E-state index in [4.69, 9.17) is 11.0 Å². The van der Waals surface area contributed by atoms with Crippen molar-refractivity contribution in [2.75, 3.05) is 6.61 Å². The van der Waals surface area contributed by atoms with Crippen molar-refractivity contribution < 1.29 is 15.1 Å². The summed E-state index contributed by atoms with van der Waals surface area (Å²) in [6.07, 6.45) is 0. The monoisotopic (exact) mass is 183 g/mol. The minimum atomic E-state index is -1.12. The predicted molar refractivity (Wildman–Crippen MR) is 47.8 cm³/mol. The van der Waals surface area contributed by atoms with E-state index in [9.17, 15) is 5.11 Å². The molecular formula is C9H13NO3. The highest BCUT2D eigenvalue weighted by Crippen LogP contribution is 2.22. The van der Waals surface area contributed by atoms with Crippen LogP contribution in [0, 0.1) is 0 Å². The van der Waals surface area contributed by atoms with Gasteiger partial charge in [0.05, 0.1) is 0 Å². The topological polar surface area (TPSA) is 75.7 Å². The molecule has 1 atom stereocenters. The average molecular weight is 183 g/mol. The summed E-state index contributed by atoms with van der Waals surface area (Å²) in [5, 5.41) is 18.8. The first-order valence-corrected chi connectivity index (χ1v) is 3.90. The zero-order chi connectivity index (χ0) is 9.90. The second-order valence-corrected chi connectivity index (χ2v) is 3.13. The molecule has 4 N–H and O–H groups in total. The van der Waals surface area contributed by atoms with E-state index >= 15 is 0 Å². The smallest absolute Gasteiger partial charge is 0.115 e. The van der Waals surface area contributed by atoms with Gasteiger partial charge in [-0.2, -0.15) is 0 Å². The van der Waals surface area contributed by atoms with Gasteiger partial charge in [-0.3, -0.25) is 0 Å². The molecule has 0 saturated carbocycles. The maximum absolute atomic E-state index is 9.79. The number of aliphatic hydroxyl groups is 1. The number of aromatic hydroxyl groups is 1. The minimum Gasteiger partial charge on any atom is -0.508 e. The maximum Gasteiger partial charge on any atom is 0.115 e. The van der Waals surface area contributed by atoms with E-state index in [1.807, 2.05) is 0 Å². The fourth-order valence-corrected chi connectivity index (χ4v) is 1.07. The van der Waals surface area contributed by atoms with Gasteiger partial charge < -0.3 is 15.1 Å². The summed E-state index contributed by atoms with van der Waals surface area (Å²) in [5.74, 6) is 5.03. The second-order valence-electron chi connectivity index (χ2n) is 3.13. The first kappa shape index (κ1) is 9.98. The molecule has 0 spiro atoms. The van der Waals surface area contributed by atoms with Gasteiger partial charge >= 0.3 is 0 Å². The van der Waals surface area contributed by atoms with E-state index in [1.165, 1.54) is 12.1 Å². The fourth-order valence-electron chi connectivity index (χ4n) is 1.07. The van der Waals surface area contributed by atoms with Gasteiger partial charge in [-0.15, -0.1) is 0 Å². The average Bonchev–Trinajstić information content (AvgIpc) is 2.05. The number of benzene rings is 1. The van der Waals surface area contributed by atoms with Crippen molar-refractivity contribution in [3.05, 3.63) is 29.8 Å². The lowest BCUT2D eigenvalue weighted by Gasteiger charge is -2.22. The van der Waals surface area contributed by atoms with E-state index in [-0.39, 0.29) is 12.4 Å². The van der Waals surface area contributed by atoms with Gasteiger partial charge in [0.15, 0.2) is 0 Å². The van der Waals surface area contributed by atoms with Gasteiger partial charge in [0, 0.05) is 0 Å². The summed E-state index contributed by atoms with van der Waals surface area (Å²) in [6.45, 7) is 1.60. The first-order valence-electron chi connectivity index (χ1n) is 3.90. The summed E-state index contributed by atoms with van der Waals surface area (Å²) in [5.41, 5.74) is -0.474. The quantitative estimate of drug-likeness (QED) is 0.596. The summed E-state index contributed by atoms with van der Waals surface area (Å²) < 4.78 is 0. The number of phenolic OH excluding ortho intramolecular Hbond substituents is 1. The second kappa shape index (κ2) is 3.74. The van der Waals surface area contributed by atoms with E-state index in [0.717, 1.165) is 0 Å². The molecule has 1 aromatic carbocycles. The molecule has 4 heteroatoms. The van der Waals surface area contributed by atoms with Crippen molar-refractivity contribution in [2.24, 2.45) is 5.90 Å². The van der Waals surface area contributed by atoms with Crippen molar-refractivity contribution >= 4 is 0 Å². The Bertz CT molecular complexity index is 269. The molecule has 0 aliphatic rings. The Morgan fingerprint density at radius 2 is 1.92 bits per heavy atom. The SMILES string of the molecule is CC(O)(CON)c1ccc(O)cc1. The van der Waals surface area contributed by atoms with Crippen molar-refractivity contribution in [3.63, 3.8) is 0 Å². The molecule has 1 aromatic rings. The first-order chi connectivity index (χ1) is 6.06. The van der Waals surface area contributed by atoms with Gasteiger partial charge in [0.1, 0.15) is 18.0 Å². The molecule has 0 aliphatic heterocycles. The van der Waals surface area contributed by atoms with Crippen LogP contribution in [-0.4, -0.2) is 16.8 Å². The maximum atomic E-state index is 9.79. The number of rotatable bonds is 3. The summed E-state index contributed by atoms with van der Waals surface area (Å²) in [6, 6.07) is 6.24. The summed E-state index contributed by atoms with van der Waals surface area (Å²) in [4.78, 5) is 4.38. The van der Waals surface area contributed by atoms with Crippen molar-refractivity contribution in [1.29, 1.82) is 0 Å². The molecule has 0 bridgehead atoms. The Hall–Kier alpha value is -1.10. The zero-order valence-electron chi connectivity index (χ0n) is 7.40. The van der Waals surface area contributed by atoms with Gasteiger partial charge in [-0.25, -0.2) is 5.90 Å². The lowest BCUT2D eigenvalue weighted by atomic mass is 9.97. The zero-order valence-corrected chi connectivity index (χ0v) is 7.40. The molecule has 4 nitrogen and oxygen atoms in total. The van der Waals surface area contributed by atoms with Crippen molar-refractivity contribution in [3.8, 4) is 5.75 Å². The molecule has 1 rings (SSSR count). The van der Waals surface area contributed by atoms with Crippen molar-refractivity contribution in [1.82, 2.24) is 0 Å². The third-order valence-electron chi connectivity index (χ3n) is 1.85. The van der Waals surface area contributed by atoms with Crippen LogP contribution >= 0.6 is 0 Å². The predicted octanol–water partition coefficient (Wildman–Crippen LogP) is 0.490. The normalized spacial score (nSPS) is 15.3. The lowest BCUT2D eigenvalue weighted by Crippen LogP contribution is -2.29. The van der Waals surface area contributed by atoms with Crippen LogP contribution in [0.2, 0.25) is 0 Å². The third-order valence-corrected chi connectivity index (χ3v) is 1.85. The number of phenols is 1. The number of hydrogen-bond acceptors (Lipinski definition) is 4. The molecule has 0 aliphatic carbocycles. The lowest BCUT2D eigenvalue weighted by molar-refractivity contribution is -0.0387. The van der Waals surface area contributed by atoms with E-state index in [2.05, 4.69) is 4.84 Å². The molecule has 0 aromatic heterocycles. The molecule has 0 saturated heterocycles. The van der Waals surface area contributed by atoms with Crippen LogP contribution in [-0.2, 0) is 10.4 Å². The molecule has 1 unspecified atom stereocenters. The van der Waals surface area contributed by atoms with E-state index < -0.39 is 5.60 Å². The highest BCUT2D eigenvalue weighted by Gasteiger charge is 2.22. The molecule has 0 heterocycles. The number of hydrogen-bond donors (Lipinski definition) is 3. The van der Waals surface area contributed by atoms with Crippen LogP contribution in [0.15, 0.2) is 24.3 Å². The molecular weight excluding hydrogens is 170 g/mol. The Labute approximate surface area is 76.5 Å². The number of nitrogens with two attached hydrogens (primary N) is 1. The largest absolute Gasteiger partial charge is 0.508 e. The van der Waals surface area contributed by atoms with Gasteiger partial charge in [-0.1, -0.05) is 12.1 Å². The van der Waals surface area contributed by atoms with Gasteiger partial charge in [-0.05, 0) is 24.6 Å². The highest BCUT2D eigenvalue weighted by atomic mass is 16.6. The molecule has 0 radical (unpaired) electrons. The van der Waals surface area contributed by atoms with Crippen LogP contribution < -0.4 is 5.90 Å². The van der Waals surface area contributed by atoms with Crippen LogP contribution in [0.1, 0.15) is 12.5 Å². The van der Waals surface area contributed by atoms with Crippen molar-refractivity contribution in [2.45, 2.75) is 12.5 Å². The van der Waals surface area contributed by atoms with Crippen LogP contribution in [0.25, 0.3) is 0 Å². The molecule has 13 heavy (non-hydrogen) atoms. The Morgan fingerprint density at radius 3 is 2.38 bits per heavy atom. The van der Waals surface area contributed by atoms with E-state index in [1.54, 1.807) is 19.1 Å². The molecule has 0 amide bonds. The Kier molecular flexibility index (Phi) is 2.87. The summed E-state index contributed by atoms with van der Waals surface area (Å²) >= 11 is 0. The third kappa shape index (κ3) is 2.42. The Balaban J connectivity index is 2.87. The Morgan fingerprint density at radius 1 is 1.38 bits per heavy atom. The molecule has 72 valence electrons. The fraction of sp³-hybridized carbons (Fsp3) is 0.333. The summed E-state index contributed by atoms with van der Waals surface area (Å²) in [7, 11) is 0. The molecule has 0 fully saturated rings.